The molecule has 0 aliphatic rings. The molecule has 3 rings (SSSR count). The predicted molar refractivity (Wildman–Crippen MR) is 73.9 cm³/mol. The lowest BCUT2D eigenvalue weighted by atomic mass is 10.2. The Morgan fingerprint density at radius 3 is 2.75 bits per heavy atom. The molecule has 1 amide bonds. The SMILES string of the molecule is O=C(Nc1cccc(F)c1)c1ncnc2ccccc12. The van der Waals surface area contributed by atoms with E-state index >= 15 is 0 Å². The molecule has 5 heteroatoms. The minimum Gasteiger partial charge on any atom is -0.321 e. The number of halogens is 1. The molecule has 20 heavy (non-hydrogen) atoms. The summed E-state index contributed by atoms with van der Waals surface area (Å²) in [6, 6.07) is 12.9. The third-order valence-electron chi connectivity index (χ3n) is 2.84. The summed E-state index contributed by atoms with van der Waals surface area (Å²) >= 11 is 0. The number of amides is 1. The second-order valence-electron chi connectivity index (χ2n) is 4.20. The molecule has 1 N–H and O–H groups in total. The van der Waals surface area contributed by atoms with Crippen molar-refractivity contribution in [1.29, 1.82) is 0 Å². The lowest BCUT2D eigenvalue weighted by Gasteiger charge is -2.06. The van der Waals surface area contributed by atoms with Crippen LogP contribution in [-0.2, 0) is 0 Å². The maximum atomic E-state index is 13.1. The summed E-state index contributed by atoms with van der Waals surface area (Å²) in [6.45, 7) is 0. The predicted octanol–water partition coefficient (Wildman–Crippen LogP) is 3.02. The second-order valence-corrected chi connectivity index (χ2v) is 4.20. The van der Waals surface area contributed by atoms with Gasteiger partial charge in [0, 0.05) is 11.1 Å². The van der Waals surface area contributed by atoms with Crippen LogP contribution in [-0.4, -0.2) is 15.9 Å². The number of nitrogens with one attached hydrogen (secondary N) is 1. The maximum Gasteiger partial charge on any atom is 0.275 e. The Morgan fingerprint density at radius 1 is 1.05 bits per heavy atom. The van der Waals surface area contributed by atoms with Gasteiger partial charge in [-0.25, -0.2) is 14.4 Å². The van der Waals surface area contributed by atoms with Gasteiger partial charge in [-0.05, 0) is 24.3 Å². The Balaban J connectivity index is 1.97. The maximum absolute atomic E-state index is 13.1. The number of aromatic nitrogens is 2. The molecule has 0 atom stereocenters. The fraction of sp³-hybridized carbons (Fsp3) is 0. The molecule has 0 fully saturated rings. The Bertz CT molecular complexity index is 783. The van der Waals surface area contributed by atoms with Gasteiger partial charge in [0.15, 0.2) is 0 Å². The number of hydrogen-bond donors (Lipinski definition) is 1. The summed E-state index contributed by atoms with van der Waals surface area (Å²) in [5.41, 5.74) is 1.34. The van der Waals surface area contributed by atoms with Gasteiger partial charge in [0.2, 0.25) is 0 Å². The highest BCUT2D eigenvalue weighted by Gasteiger charge is 2.12. The molecule has 2 aromatic carbocycles. The Kier molecular flexibility index (Phi) is 3.09. The van der Waals surface area contributed by atoms with E-state index in [1.54, 1.807) is 18.2 Å². The van der Waals surface area contributed by atoms with Crippen molar-refractivity contribution in [2.24, 2.45) is 0 Å². The fourth-order valence-corrected chi connectivity index (χ4v) is 1.94. The van der Waals surface area contributed by atoms with E-state index in [0.717, 1.165) is 0 Å². The van der Waals surface area contributed by atoms with Crippen molar-refractivity contribution in [3.05, 3.63) is 66.4 Å². The topological polar surface area (TPSA) is 54.9 Å². The summed E-state index contributed by atoms with van der Waals surface area (Å²) in [5.74, 6) is -0.801. The highest BCUT2D eigenvalue weighted by atomic mass is 19.1. The molecule has 98 valence electrons. The molecule has 0 saturated carbocycles. The first kappa shape index (κ1) is 12.2. The van der Waals surface area contributed by atoms with Gasteiger partial charge >= 0.3 is 0 Å². The first-order valence-electron chi connectivity index (χ1n) is 6.01. The van der Waals surface area contributed by atoms with Crippen LogP contribution in [0.3, 0.4) is 0 Å². The van der Waals surface area contributed by atoms with E-state index in [4.69, 9.17) is 0 Å². The number of carbonyl (C=O) groups is 1. The van der Waals surface area contributed by atoms with E-state index in [1.807, 2.05) is 12.1 Å². The van der Waals surface area contributed by atoms with Crippen molar-refractivity contribution in [1.82, 2.24) is 9.97 Å². The van der Waals surface area contributed by atoms with E-state index in [9.17, 15) is 9.18 Å². The van der Waals surface area contributed by atoms with Gasteiger partial charge in [0.25, 0.3) is 5.91 Å². The first-order valence-corrected chi connectivity index (χ1v) is 6.01. The van der Waals surface area contributed by atoms with Crippen molar-refractivity contribution < 1.29 is 9.18 Å². The third-order valence-corrected chi connectivity index (χ3v) is 2.84. The quantitative estimate of drug-likeness (QED) is 0.776. The molecule has 3 aromatic rings. The van der Waals surface area contributed by atoms with E-state index in [1.165, 1.54) is 24.5 Å². The van der Waals surface area contributed by atoms with Crippen LogP contribution in [0.1, 0.15) is 10.5 Å². The van der Waals surface area contributed by atoms with Gasteiger partial charge in [0.1, 0.15) is 17.8 Å². The number of benzene rings is 2. The zero-order chi connectivity index (χ0) is 13.9. The molecular weight excluding hydrogens is 257 g/mol. The van der Waals surface area contributed by atoms with Gasteiger partial charge in [-0.3, -0.25) is 4.79 Å². The lowest BCUT2D eigenvalue weighted by Crippen LogP contribution is -2.14. The van der Waals surface area contributed by atoms with Gasteiger partial charge in [-0.15, -0.1) is 0 Å². The summed E-state index contributed by atoms with van der Waals surface area (Å²) in [5, 5.41) is 3.28. The number of rotatable bonds is 2. The van der Waals surface area contributed by atoms with Gasteiger partial charge < -0.3 is 5.32 Å². The van der Waals surface area contributed by atoms with Crippen LogP contribution in [0, 0.1) is 5.82 Å². The molecule has 0 bridgehead atoms. The van der Waals surface area contributed by atoms with Crippen molar-refractivity contribution in [2.75, 3.05) is 5.32 Å². The minimum absolute atomic E-state index is 0.264. The number of anilines is 1. The summed E-state index contributed by atoms with van der Waals surface area (Å²) < 4.78 is 13.1. The molecule has 4 nitrogen and oxygen atoms in total. The molecule has 0 aliphatic carbocycles. The summed E-state index contributed by atoms with van der Waals surface area (Å²) in [4.78, 5) is 20.3. The molecule has 0 aliphatic heterocycles. The summed E-state index contributed by atoms with van der Waals surface area (Å²) in [7, 11) is 0. The monoisotopic (exact) mass is 267 g/mol. The Morgan fingerprint density at radius 2 is 1.90 bits per heavy atom. The van der Waals surface area contributed by atoms with Gasteiger partial charge in [-0.2, -0.15) is 0 Å². The standard InChI is InChI=1S/C15H10FN3O/c16-10-4-3-5-11(8-10)19-15(20)14-12-6-1-2-7-13(12)17-9-18-14/h1-9H,(H,19,20). The molecule has 1 aromatic heterocycles. The lowest BCUT2D eigenvalue weighted by molar-refractivity contribution is 0.102. The number of fused-ring (bicyclic) bond motifs is 1. The van der Waals surface area contributed by atoms with E-state index in [2.05, 4.69) is 15.3 Å². The molecule has 0 radical (unpaired) electrons. The van der Waals surface area contributed by atoms with Crippen LogP contribution >= 0.6 is 0 Å². The average molecular weight is 267 g/mol. The fourth-order valence-electron chi connectivity index (χ4n) is 1.94. The van der Waals surface area contributed by atoms with Crippen LogP contribution < -0.4 is 5.32 Å². The largest absolute Gasteiger partial charge is 0.321 e. The smallest absolute Gasteiger partial charge is 0.275 e. The van der Waals surface area contributed by atoms with E-state index < -0.39 is 11.7 Å². The number of para-hydroxylation sites is 1. The van der Waals surface area contributed by atoms with Crippen LogP contribution in [0.2, 0.25) is 0 Å². The van der Waals surface area contributed by atoms with E-state index in [-0.39, 0.29) is 5.69 Å². The highest BCUT2D eigenvalue weighted by Crippen LogP contribution is 2.16. The number of nitrogens with zero attached hydrogens (tertiary/aromatic N) is 2. The molecule has 1 heterocycles. The zero-order valence-corrected chi connectivity index (χ0v) is 10.4. The second kappa shape index (κ2) is 5.05. The Hall–Kier alpha value is -2.82. The van der Waals surface area contributed by atoms with Crippen LogP contribution in [0.25, 0.3) is 10.9 Å². The van der Waals surface area contributed by atoms with Crippen molar-refractivity contribution in [3.8, 4) is 0 Å². The summed E-state index contributed by atoms with van der Waals surface area (Å²) in [6.07, 6.45) is 1.34. The minimum atomic E-state index is -0.407. The average Bonchev–Trinajstić information content (AvgIpc) is 2.46. The van der Waals surface area contributed by atoms with Crippen LogP contribution in [0.4, 0.5) is 10.1 Å². The zero-order valence-electron chi connectivity index (χ0n) is 10.4. The van der Waals surface area contributed by atoms with E-state index in [0.29, 0.717) is 16.6 Å². The number of carbonyl (C=O) groups excluding carboxylic acids is 1. The molecular formula is C15H10FN3O. The third kappa shape index (κ3) is 2.33. The molecule has 0 unspecified atom stereocenters. The Labute approximate surface area is 114 Å². The van der Waals surface area contributed by atoms with Crippen LogP contribution in [0.5, 0.6) is 0 Å². The number of hydrogen-bond acceptors (Lipinski definition) is 3. The van der Waals surface area contributed by atoms with Crippen molar-refractivity contribution >= 4 is 22.5 Å². The molecule has 0 spiro atoms. The normalized spacial score (nSPS) is 10.4. The van der Waals surface area contributed by atoms with Crippen LogP contribution in [0.15, 0.2) is 54.9 Å². The van der Waals surface area contributed by atoms with Gasteiger partial charge in [0.05, 0.1) is 5.52 Å². The molecule has 0 saturated heterocycles. The van der Waals surface area contributed by atoms with Gasteiger partial charge in [-0.1, -0.05) is 24.3 Å². The van der Waals surface area contributed by atoms with Crippen molar-refractivity contribution in [2.45, 2.75) is 0 Å². The highest BCUT2D eigenvalue weighted by molar-refractivity contribution is 6.10. The first-order chi connectivity index (χ1) is 9.74. The van der Waals surface area contributed by atoms with Crippen molar-refractivity contribution in [3.63, 3.8) is 0 Å².